The number of hydrogen-bond donors (Lipinski definition) is 1. The van der Waals surface area contributed by atoms with Crippen LogP contribution in [0.4, 0.5) is 11.9 Å². The molecule has 0 bridgehead atoms. The van der Waals surface area contributed by atoms with Gasteiger partial charge in [0.25, 0.3) is 5.95 Å². The molecule has 106 valence electrons. The predicted molar refractivity (Wildman–Crippen MR) is 74.7 cm³/mol. The van der Waals surface area contributed by atoms with E-state index in [9.17, 15) is 0 Å². The van der Waals surface area contributed by atoms with E-state index in [1.165, 1.54) is 6.42 Å². The number of aromatic nitrogens is 6. The van der Waals surface area contributed by atoms with E-state index < -0.39 is 0 Å². The lowest BCUT2D eigenvalue weighted by Gasteiger charge is -2.26. The first-order chi connectivity index (χ1) is 9.63. The minimum atomic E-state index is 0.211. The predicted octanol–water partition coefficient (Wildman–Crippen LogP) is 0.642. The average Bonchev–Trinajstić information content (AvgIpc) is 2.78. The van der Waals surface area contributed by atoms with Gasteiger partial charge in [-0.2, -0.15) is 19.6 Å². The zero-order chi connectivity index (χ0) is 14.1. The molecule has 0 aliphatic carbocycles. The summed E-state index contributed by atoms with van der Waals surface area (Å²) in [5.41, 5.74) is 5.81. The van der Waals surface area contributed by atoms with Crippen molar-refractivity contribution in [3.8, 4) is 5.95 Å². The molecule has 3 rings (SSSR count). The largest absolute Gasteiger partial charge is 0.368 e. The molecular weight excluding hydrogens is 256 g/mol. The topological polar surface area (TPSA) is 98.6 Å². The first kappa shape index (κ1) is 12.8. The van der Waals surface area contributed by atoms with Gasteiger partial charge < -0.3 is 10.6 Å². The zero-order valence-electron chi connectivity index (χ0n) is 11.7. The maximum absolute atomic E-state index is 5.81. The van der Waals surface area contributed by atoms with Crippen LogP contribution in [0.2, 0.25) is 0 Å². The fourth-order valence-electron chi connectivity index (χ4n) is 2.41. The van der Waals surface area contributed by atoms with Crippen molar-refractivity contribution in [2.24, 2.45) is 0 Å². The Balaban J connectivity index is 1.99. The number of rotatable bonds is 2. The second kappa shape index (κ2) is 5.03. The Morgan fingerprint density at radius 2 is 1.60 bits per heavy atom. The molecular formula is C12H18N8. The normalized spacial score (nSPS) is 15.6. The highest BCUT2D eigenvalue weighted by molar-refractivity contribution is 5.38. The Morgan fingerprint density at radius 3 is 2.25 bits per heavy atom. The summed E-state index contributed by atoms with van der Waals surface area (Å²) in [4.78, 5) is 19.3. The van der Waals surface area contributed by atoms with E-state index in [1.54, 1.807) is 4.68 Å². The number of hydrogen-bond acceptors (Lipinski definition) is 7. The summed E-state index contributed by atoms with van der Waals surface area (Å²) in [6.45, 7) is 5.61. The fraction of sp³-hybridized carbons (Fsp3) is 0.583. The molecule has 0 atom stereocenters. The van der Waals surface area contributed by atoms with Gasteiger partial charge in [0.1, 0.15) is 11.6 Å². The molecule has 0 amide bonds. The van der Waals surface area contributed by atoms with E-state index in [0.29, 0.717) is 17.7 Å². The van der Waals surface area contributed by atoms with E-state index in [1.807, 2.05) is 13.8 Å². The number of piperidine rings is 1. The molecule has 20 heavy (non-hydrogen) atoms. The number of nitrogen functional groups attached to an aromatic ring is 1. The van der Waals surface area contributed by atoms with Crippen LogP contribution in [-0.4, -0.2) is 42.8 Å². The molecule has 3 heterocycles. The van der Waals surface area contributed by atoms with Gasteiger partial charge >= 0.3 is 0 Å². The molecule has 1 aliphatic heterocycles. The molecule has 1 saturated heterocycles. The summed E-state index contributed by atoms with van der Waals surface area (Å²) in [5, 5.41) is 4.29. The molecule has 0 spiro atoms. The molecule has 2 aromatic heterocycles. The quantitative estimate of drug-likeness (QED) is 0.858. The second-order valence-corrected chi connectivity index (χ2v) is 4.96. The third kappa shape index (κ3) is 2.40. The van der Waals surface area contributed by atoms with Crippen molar-refractivity contribution < 1.29 is 0 Å². The summed E-state index contributed by atoms with van der Waals surface area (Å²) in [5.74, 6) is 2.68. The van der Waals surface area contributed by atoms with E-state index in [4.69, 9.17) is 5.73 Å². The molecule has 0 saturated carbocycles. The van der Waals surface area contributed by atoms with Gasteiger partial charge in [0.15, 0.2) is 0 Å². The Kier molecular flexibility index (Phi) is 3.21. The van der Waals surface area contributed by atoms with Crippen LogP contribution in [0.3, 0.4) is 0 Å². The van der Waals surface area contributed by atoms with Gasteiger partial charge in [0.05, 0.1) is 0 Å². The van der Waals surface area contributed by atoms with Gasteiger partial charge in [-0.05, 0) is 33.1 Å². The second-order valence-electron chi connectivity index (χ2n) is 4.96. The van der Waals surface area contributed by atoms with Crippen LogP contribution in [-0.2, 0) is 0 Å². The third-order valence-electron chi connectivity index (χ3n) is 3.33. The van der Waals surface area contributed by atoms with Crippen LogP contribution in [0.1, 0.15) is 30.9 Å². The monoisotopic (exact) mass is 274 g/mol. The number of anilines is 2. The van der Waals surface area contributed by atoms with Crippen molar-refractivity contribution in [3.05, 3.63) is 11.6 Å². The minimum absolute atomic E-state index is 0.211. The average molecular weight is 274 g/mol. The van der Waals surface area contributed by atoms with Gasteiger partial charge in [-0.15, -0.1) is 5.10 Å². The first-order valence-electron chi connectivity index (χ1n) is 6.80. The Labute approximate surface area is 117 Å². The standard InChI is InChI=1S/C12H18N8/c1-8-14-9(2)20(18-8)12-16-10(13)15-11(17-12)19-6-4-3-5-7-19/h3-7H2,1-2H3,(H2,13,15,16,17). The smallest absolute Gasteiger partial charge is 0.258 e. The molecule has 1 aliphatic rings. The lowest BCUT2D eigenvalue weighted by molar-refractivity contribution is 0.566. The van der Waals surface area contributed by atoms with Gasteiger partial charge in [0, 0.05) is 13.1 Å². The molecule has 8 heteroatoms. The van der Waals surface area contributed by atoms with E-state index >= 15 is 0 Å². The van der Waals surface area contributed by atoms with Crippen LogP contribution < -0.4 is 10.6 Å². The van der Waals surface area contributed by atoms with Crippen molar-refractivity contribution in [1.82, 2.24) is 29.7 Å². The maximum Gasteiger partial charge on any atom is 0.258 e. The number of aryl methyl sites for hydroxylation is 2. The molecule has 0 aromatic carbocycles. The van der Waals surface area contributed by atoms with Crippen molar-refractivity contribution >= 4 is 11.9 Å². The van der Waals surface area contributed by atoms with Gasteiger partial charge in [-0.3, -0.25) is 0 Å². The first-order valence-corrected chi connectivity index (χ1v) is 6.80. The van der Waals surface area contributed by atoms with Crippen LogP contribution in [0.25, 0.3) is 5.95 Å². The highest BCUT2D eigenvalue weighted by Crippen LogP contribution is 2.17. The van der Waals surface area contributed by atoms with Crippen molar-refractivity contribution in [2.75, 3.05) is 23.7 Å². The number of nitrogens with two attached hydrogens (primary N) is 1. The highest BCUT2D eigenvalue weighted by atomic mass is 15.4. The van der Waals surface area contributed by atoms with Crippen LogP contribution in [0.5, 0.6) is 0 Å². The molecule has 8 nitrogen and oxygen atoms in total. The van der Waals surface area contributed by atoms with Crippen molar-refractivity contribution in [3.63, 3.8) is 0 Å². The lowest BCUT2D eigenvalue weighted by Crippen LogP contribution is -2.31. The Hall–Kier alpha value is -2.25. The Bertz CT molecular complexity index is 614. The summed E-state index contributed by atoms with van der Waals surface area (Å²) in [7, 11) is 0. The van der Waals surface area contributed by atoms with Gasteiger partial charge in [-0.1, -0.05) is 0 Å². The van der Waals surface area contributed by atoms with E-state index in [2.05, 4.69) is 29.9 Å². The molecule has 0 unspecified atom stereocenters. The summed E-state index contributed by atoms with van der Waals surface area (Å²) >= 11 is 0. The maximum atomic E-state index is 5.81. The minimum Gasteiger partial charge on any atom is -0.368 e. The third-order valence-corrected chi connectivity index (χ3v) is 3.33. The zero-order valence-corrected chi connectivity index (χ0v) is 11.7. The van der Waals surface area contributed by atoms with Crippen LogP contribution in [0.15, 0.2) is 0 Å². The summed E-state index contributed by atoms with van der Waals surface area (Å²) < 4.78 is 1.60. The molecule has 1 fully saturated rings. The van der Waals surface area contributed by atoms with E-state index in [0.717, 1.165) is 31.8 Å². The fourth-order valence-corrected chi connectivity index (χ4v) is 2.41. The molecule has 2 N–H and O–H groups in total. The van der Waals surface area contributed by atoms with Crippen LogP contribution >= 0.6 is 0 Å². The lowest BCUT2D eigenvalue weighted by atomic mass is 10.1. The SMILES string of the molecule is Cc1nc(C)n(-c2nc(N)nc(N3CCCCC3)n2)n1. The van der Waals surface area contributed by atoms with E-state index in [-0.39, 0.29) is 5.95 Å². The van der Waals surface area contributed by atoms with Gasteiger partial charge in [-0.25, -0.2) is 4.98 Å². The van der Waals surface area contributed by atoms with Gasteiger partial charge in [0.2, 0.25) is 11.9 Å². The van der Waals surface area contributed by atoms with Crippen molar-refractivity contribution in [1.29, 1.82) is 0 Å². The highest BCUT2D eigenvalue weighted by Gasteiger charge is 2.17. The Morgan fingerprint density at radius 1 is 0.900 bits per heavy atom. The van der Waals surface area contributed by atoms with Crippen molar-refractivity contribution in [2.45, 2.75) is 33.1 Å². The molecule has 0 radical (unpaired) electrons. The van der Waals surface area contributed by atoms with Crippen LogP contribution in [0, 0.1) is 13.8 Å². The number of nitrogens with zero attached hydrogens (tertiary/aromatic N) is 7. The summed E-state index contributed by atoms with van der Waals surface area (Å²) in [6, 6.07) is 0. The molecule has 2 aromatic rings. The summed E-state index contributed by atoms with van der Waals surface area (Å²) in [6.07, 6.45) is 3.57.